The van der Waals surface area contributed by atoms with Crippen LogP contribution in [0.4, 0.5) is 13.2 Å². The predicted molar refractivity (Wildman–Crippen MR) is 114 cm³/mol. The van der Waals surface area contributed by atoms with E-state index in [1.807, 2.05) is 6.92 Å². The van der Waals surface area contributed by atoms with Gasteiger partial charge < -0.3 is 9.84 Å². The van der Waals surface area contributed by atoms with Crippen molar-refractivity contribution in [3.8, 4) is 16.9 Å². The summed E-state index contributed by atoms with van der Waals surface area (Å²) in [5.41, 5.74) is -0.980. The first-order chi connectivity index (χ1) is 14.7. The largest absolute Gasteiger partial charge is 0.494 e. The zero-order valence-electron chi connectivity index (χ0n) is 18.1. The molecule has 0 aliphatic heterocycles. The molecule has 31 heavy (non-hydrogen) atoms. The molecule has 6 heteroatoms. The van der Waals surface area contributed by atoms with E-state index in [9.17, 15) is 18.7 Å². The van der Waals surface area contributed by atoms with E-state index in [1.54, 1.807) is 31.2 Å². The highest BCUT2D eigenvalue weighted by Crippen LogP contribution is 2.45. The van der Waals surface area contributed by atoms with Gasteiger partial charge >= 0.3 is 5.97 Å². The van der Waals surface area contributed by atoms with Crippen LogP contribution in [-0.4, -0.2) is 23.9 Å². The second kappa shape index (κ2) is 9.33. The van der Waals surface area contributed by atoms with Crippen LogP contribution in [0.5, 0.6) is 5.75 Å². The summed E-state index contributed by atoms with van der Waals surface area (Å²) in [5.74, 6) is -5.22. The van der Waals surface area contributed by atoms with Crippen LogP contribution in [0.25, 0.3) is 11.1 Å². The van der Waals surface area contributed by atoms with E-state index in [0.29, 0.717) is 18.4 Å². The standard InChI is InChI=1S/C25H29F3O3/c1-15(16(2)25(28,24(29)30)19-7-5-4-6-8-19)17-9-11-18(12-10-17)20-13-14-21(31-3)23(27)22(20)26/h9-16,19H,4-8H2,1-3H3,(H,29,30)/t15?,16-,25+/m0/s1. The minimum absolute atomic E-state index is 0.0955. The number of benzene rings is 2. The molecule has 0 aromatic heterocycles. The van der Waals surface area contributed by atoms with E-state index in [4.69, 9.17) is 4.74 Å². The Morgan fingerprint density at radius 3 is 2.19 bits per heavy atom. The highest BCUT2D eigenvalue weighted by atomic mass is 19.2. The Labute approximate surface area is 181 Å². The minimum atomic E-state index is -2.30. The van der Waals surface area contributed by atoms with Crippen LogP contribution in [0, 0.1) is 23.5 Å². The molecule has 1 aliphatic rings. The van der Waals surface area contributed by atoms with Gasteiger partial charge in [-0.05, 0) is 42.0 Å². The lowest BCUT2D eigenvalue weighted by Gasteiger charge is -2.39. The normalized spacial score (nSPS) is 18.8. The van der Waals surface area contributed by atoms with Crippen molar-refractivity contribution in [3.63, 3.8) is 0 Å². The van der Waals surface area contributed by atoms with E-state index >= 15 is 4.39 Å². The summed E-state index contributed by atoms with van der Waals surface area (Å²) in [7, 11) is 1.27. The Morgan fingerprint density at radius 2 is 1.65 bits per heavy atom. The van der Waals surface area contributed by atoms with Gasteiger partial charge in [0.05, 0.1) is 7.11 Å². The predicted octanol–water partition coefficient (Wildman–Crippen LogP) is 6.75. The summed E-state index contributed by atoms with van der Waals surface area (Å²) in [6.45, 7) is 3.47. The average molecular weight is 434 g/mol. The van der Waals surface area contributed by atoms with Crippen molar-refractivity contribution >= 4 is 5.97 Å². The molecule has 3 atom stereocenters. The summed E-state index contributed by atoms with van der Waals surface area (Å²) in [5, 5.41) is 9.78. The molecule has 1 N–H and O–H groups in total. The van der Waals surface area contributed by atoms with Crippen molar-refractivity contribution in [2.24, 2.45) is 11.8 Å². The summed E-state index contributed by atoms with van der Waals surface area (Å²) >= 11 is 0. The number of alkyl halides is 1. The van der Waals surface area contributed by atoms with Gasteiger partial charge in [-0.3, -0.25) is 0 Å². The second-order valence-electron chi connectivity index (χ2n) is 8.55. The van der Waals surface area contributed by atoms with Gasteiger partial charge in [0.1, 0.15) is 0 Å². The maximum atomic E-state index is 15.9. The molecule has 1 saturated carbocycles. The van der Waals surface area contributed by atoms with Gasteiger partial charge in [-0.2, -0.15) is 4.39 Å². The molecule has 3 nitrogen and oxygen atoms in total. The van der Waals surface area contributed by atoms with Crippen molar-refractivity contribution in [1.82, 2.24) is 0 Å². The maximum absolute atomic E-state index is 15.9. The fourth-order valence-electron chi connectivity index (χ4n) is 4.79. The molecule has 0 bridgehead atoms. The number of hydrogen-bond acceptors (Lipinski definition) is 2. The molecular formula is C25H29F3O3. The number of ether oxygens (including phenoxy) is 1. The number of carboxylic acids is 1. The van der Waals surface area contributed by atoms with Gasteiger partial charge in [-0.1, -0.05) is 57.4 Å². The van der Waals surface area contributed by atoms with E-state index < -0.39 is 35.1 Å². The zero-order chi connectivity index (χ0) is 22.8. The van der Waals surface area contributed by atoms with E-state index in [0.717, 1.165) is 24.8 Å². The molecule has 0 spiro atoms. The maximum Gasteiger partial charge on any atom is 0.342 e. The van der Waals surface area contributed by atoms with Gasteiger partial charge in [0, 0.05) is 17.4 Å². The topological polar surface area (TPSA) is 46.5 Å². The lowest BCUT2D eigenvalue weighted by molar-refractivity contribution is -0.162. The number of hydrogen-bond donors (Lipinski definition) is 1. The van der Waals surface area contributed by atoms with Crippen LogP contribution < -0.4 is 4.74 Å². The Morgan fingerprint density at radius 1 is 1.03 bits per heavy atom. The molecule has 3 rings (SSSR count). The Kier molecular flexibility index (Phi) is 6.97. The first-order valence-corrected chi connectivity index (χ1v) is 10.8. The molecule has 1 aliphatic carbocycles. The third kappa shape index (κ3) is 4.30. The molecule has 0 saturated heterocycles. The summed E-state index contributed by atoms with van der Waals surface area (Å²) in [4.78, 5) is 12.0. The first-order valence-electron chi connectivity index (χ1n) is 10.8. The third-order valence-electron chi connectivity index (χ3n) is 6.95. The fraction of sp³-hybridized carbons (Fsp3) is 0.480. The van der Waals surface area contributed by atoms with Crippen LogP contribution in [0.2, 0.25) is 0 Å². The lowest BCUT2D eigenvalue weighted by Crippen LogP contribution is -2.49. The number of rotatable bonds is 7. The minimum Gasteiger partial charge on any atom is -0.494 e. The summed E-state index contributed by atoms with van der Waals surface area (Å²) in [6, 6.07) is 9.54. The quantitative estimate of drug-likeness (QED) is 0.524. The third-order valence-corrected chi connectivity index (χ3v) is 6.95. The molecule has 1 fully saturated rings. The van der Waals surface area contributed by atoms with Crippen LogP contribution in [-0.2, 0) is 4.79 Å². The van der Waals surface area contributed by atoms with Gasteiger partial charge in [-0.25, -0.2) is 13.6 Å². The first kappa shape index (κ1) is 23.2. The van der Waals surface area contributed by atoms with E-state index in [1.165, 1.54) is 19.2 Å². The van der Waals surface area contributed by atoms with E-state index in [-0.39, 0.29) is 17.2 Å². The van der Waals surface area contributed by atoms with Crippen LogP contribution in [0.1, 0.15) is 57.4 Å². The van der Waals surface area contributed by atoms with Crippen LogP contribution in [0.3, 0.4) is 0 Å². The second-order valence-corrected chi connectivity index (χ2v) is 8.55. The monoisotopic (exact) mass is 434 g/mol. The van der Waals surface area contributed by atoms with Crippen molar-refractivity contribution in [3.05, 3.63) is 53.6 Å². The van der Waals surface area contributed by atoms with Crippen molar-refractivity contribution in [2.75, 3.05) is 7.11 Å². The van der Waals surface area contributed by atoms with Crippen molar-refractivity contribution < 1.29 is 27.8 Å². The Hall–Kier alpha value is -2.50. The molecule has 1 unspecified atom stereocenters. The van der Waals surface area contributed by atoms with Gasteiger partial charge in [-0.15, -0.1) is 0 Å². The molecular weight excluding hydrogens is 405 g/mol. The van der Waals surface area contributed by atoms with Crippen molar-refractivity contribution in [2.45, 2.75) is 57.5 Å². The Balaban J connectivity index is 1.86. The van der Waals surface area contributed by atoms with Gasteiger partial charge in [0.25, 0.3) is 0 Å². The molecule has 0 heterocycles. The average Bonchev–Trinajstić information content (AvgIpc) is 2.80. The highest BCUT2D eigenvalue weighted by molar-refractivity contribution is 5.78. The number of carbonyl (C=O) groups is 1. The smallest absolute Gasteiger partial charge is 0.342 e. The van der Waals surface area contributed by atoms with Crippen LogP contribution in [0.15, 0.2) is 36.4 Å². The molecule has 0 radical (unpaired) electrons. The summed E-state index contributed by atoms with van der Waals surface area (Å²) < 4.78 is 49.2. The number of carboxylic acid groups (broad SMARTS) is 1. The molecule has 2 aromatic rings. The molecule has 2 aromatic carbocycles. The Bertz CT molecular complexity index is 922. The number of methoxy groups -OCH3 is 1. The highest BCUT2D eigenvalue weighted by Gasteiger charge is 2.52. The molecule has 168 valence electrons. The van der Waals surface area contributed by atoms with Gasteiger partial charge in [0.2, 0.25) is 11.5 Å². The number of halogens is 3. The SMILES string of the molecule is COc1ccc(-c2ccc(C(C)[C@H](C)[C@](F)(C(=O)O)C3CCCCC3)cc2)c(F)c1F. The fourth-order valence-corrected chi connectivity index (χ4v) is 4.79. The molecule has 0 amide bonds. The number of aliphatic carboxylic acids is 1. The zero-order valence-corrected chi connectivity index (χ0v) is 18.1. The van der Waals surface area contributed by atoms with E-state index in [2.05, 4.69) is 0 Å². The lowest BCUT2D eigenvalue weighted by atomic mass is 9.67. The van der Waals surface area contributed by atoms with Crippen molar-refractivity contribution in [1.29, 1.82) is 0 Å². The summed E-state index contributed by atoms with van der Waals surface area (Å²) in [6.07, 6.45) is 3.88. The van der Waals surface area contributed by atoms with Crippen LogP contribution >= 0.6 is 0 Å². The van der Waals surface area contributed by atoms with Gasteiger partial charge in [0.15, 0.2) is 11.6 Å².